The van der Waals surface area contributed by atoms with Gasteiger partial charge in [0.25, 0.3) is 0 Å². The van der Waals surface area contributed by atoms with Gasteiger partial charge in [-0.1, -0.05) is 31.2 Å². The molecule has 2 aromatic heterocycles. The minimum atomic E-state index is -1.47. The molecule has 0 spiro atoms. The maximum Gasteiger partial charge on any atom is 0.187 e. The molecule has 0 amide bonds. The number of aliphatic hydroxyl groups excluding tert-OH is 1. The fourth-order valence-electron chi connectivity index (χ4n) is 9.05. The smallest absolute Gasteiger partial charge is 0.187 e. The van der Waals surface area contributed by atoms with Crippen LogP contribution in [0.5, 0.6) is 0 Å². The summed E-state index contributed by atoms with van der Waals surface area (Å²) in [7, 11) is 0. The van der Waals surface area contributed by atoms with Crippen molar-refractivity contribution in [1.29, 1.82) is 0 Å². The van der Waals surface area contributed by atoms with Crippen molar-refractivity contribution in [2.45, 2.75) is 69.2 Å². The number of aromatic nitrogens is 4. The number of carbonyl (C=O) groups is 1. The van der Waals surface area contributed by atoms with Crippen molar-refractivity contribution < 1.29 is 19.4 Å². The minimum absolute atomic E-state index is 0.0347. The molecular weight excluding hydrogens is 539 g/mol. The fourth-order valence-corrected chi connectivity index (χ4v) is 9.81. The molecular formula is C32H35FN4O3S. The molecule has 0 aliphatic heterocycles. The van der Waals surface area contributed by atoms with E-state index in [4.69, 9.17) is 0 Å². The summed E-state index contributed by atoms with van der Waals surface area (Å²) >= 11 is 1.26. The number of allylic oxidation sites excluding steroid dienone is 1. The number of hydrogen-bond donors (Lipinski definition) is 2. The first-order valence-electron chi connectivity index (χ1n) is 14.5. The van der Waals surface area contributed by atoms with Crippen LogP contribution in [0.3, 0.4) is 0 Å². The van der Waals surface area contributed by atoms with E-state index >= 15 is 0 Å². The van der Waals surface area contributed by atoms with Crippen LogP contribution in [-0.2, 0) is 11.2 Å². The number of carbonyl (C=O) groups excluding carboxylic acids is 1. The Balaban J connectivity index is 1.16. The molecule has 2 N–H and O–H groups in total. The molecule has 41 heavy (non-hydrogen) atoms. The molecule has 0 saturated heterocycles. The third kappa shape index (κ3) is 3.99. The van der Waals surface area contributed by atoms with Gasteiger partial charge in [0.2, 0.25) is 0 Å². The van der Waals surface area contributed by atoms with Gasteiger partial charge in [-0.05, 0) is 104 Å². The van der Waals surface area contributed by atoms with E-state index < -0.39 is 17.1 Å². The summed E-state index contributed by atoms with van der Waals surface area (Å²) in [6.07, 6.45) is 11.0. The van der Waals surface area contributed by atoms with Gasteiger partial charge in [-0.3, -0.25) is 4.79 Å². The number of rotatable bonds is 5. The SMILES string of the molecule is CC12Cc3cnn(-c4ccc(F)cc4)c3C=C1CCC1C2C(O)CC2(C)C1CC[C@]2(O)C(=O)CSc1ncccn1. The van der Waals surface area contributed by atoms with E-state index in [1.54, 1.807) is 30.6 Å². The maximum atomic E-state index is 13.6. The second kappa shape index (κ2) is 9.57. The number of hydrogen-bond acceptors (Lipinski definition) is 7. The lowest BCUT2D eigenvalue weighted by atomic mass is 9.45. The van der Waals surface area contributed by atoms with Crippen LogP contribution in [0.2, 0.25) is 0 Å². The van der Waals surface area contributed by atoms with Crippen LogP contribution in [0.25, 0.3) is 11.8 Å². The number of fused-ring (bicyclic) bond motifs is 6. The van der Waals surface area contributed by atoms with Crippen LogP contribution in [0.15, 0.2) is 59.7 Å². The molecule has 0 radical (unpaired) electrons. The first kappa shape index (κ1) is 27.0. The predicted molar refractivity (Wildman–Crippen MR) is 154 cm³/mol. The average Bonchev–Trinajstić information content (AvgIpc) is 3.48. The third-order valence-corrected chi connectivity index (χ3v) is 11.9. The van der Waals surface area contributed by atoms with Gasteiger partial charge in [0, 0.05) is 17.8 Å². The van der Waals surface area contributed by atoms with Crippen molar-refractivity contribution in [3.63, 3.8) is 0 Å². The van der Waals surface area contributed by atoms with Crippen molar-refractivity contribution in [2.24, 2.45) is 28.6 Å². The van der Waals surface area contributed by atoms with Gasteiger partial charge in [0.05, 0.1) is 29.4 Å². The van der Waals surface area contributed by atoms with E-state index in [-0.39, 0.29) is 40.5 Å². The van der Waals surface area contributed by atoms with E-state index in [1.165, 1.54) is 29.5 Å². The number of nitrogens with zero attached hydrogens (tertiary/aromatic N) is 4. The Morgan fingerprint density at radius 2 is 1.93 bits per heavy atom. The van der Waals surface area contributed by atoms with Crippen molar-refractivity contribution in [3.05, 3.63) is 71.6 Å². The molecule has 6 unspecified atom stereocenters. The Morgan fingerprint density at radius 3 is 2.68 bits per heavy atom. The van der Waals surface area contributed by atoms with Crippen LogP contribution in [0.4, 0.5) is 4.39 Å². The van der Waals surface area contributed by atoms with E-state index in [0.717, 1.165) is 42.6 Å². The number of halogens is 1. The molecule has 214 valence electrons. The molecule has 3 saturated carbocycles. The van der Waals surface area contributed by atoms with Gasteiger partial charge in [0.15, 0.2) is 10.9 Å². The number of aliphatic hydroxyl groups is 2. The Morgan fingerprint density at radius 1 is 1.17 bits per heavy atom. The van der Waals surface area contributed by atoms with E-state index in [0.29, 0.717) is 18.0 Å². The molecule has 3 fully saturated rings. The summed E-state index contributed by atoms with van der Waals surface area (Å²) in [5.74, 6) is 0.0485. The van der Waals surface area contributed by atoms with Crippen LogP contribution in [0, 0.1) is 34.4 Å². The molecule has 0 bridgehead atoms. The summed E-state index contributed by atoms with van der Waals surface area (Å²) in [5, 5.41) is 29.0. The Bertz CT molecular complexity index is 1530. The predicted octanol–water partition coefficient (Wildman–Crippen LogP) is 5.05. The van der Waals surface area contributed by atoms with Crippen molar-refractivity contribution >= 4 is 23.6 Å². The largest absolute Gasteiger partial charge is 0.393 e. The van der Waals surface area contributed by atoms with Gasteiger partial charge in [0.1, 0.15) is 11.4 Å². The molecule has 4 aliphatic carbocycles. The monoisotopic (exact) mass is 574 g/mol. The van der Waals surface area contributed by atoms with Crippen molar-refractivity contribution in [3.8, 4) is 5.69 Å². The normalized spacial score (nSPS) is 35.6. The lowest BCUT2D eigenvalue weighted by Gasteiger charge is -2.60. The van der Waals surface area contributed by atoms with Crippen LogP contribution >= 0.6 is 11.8 Å². The quantitative estimate of drug-likeness (QED) is 0.325. The average molecular weight is 575 g/mol. The second-order valence-electron chi connectivity index (χ2n) is 12.9. The van der Waals surface area contributed by atoms with E-state index in [1.807, 2.05) is 17.8 Å². The third-order valence-electron chi connectivity index (χ3n) is 11.0. The summed E-state index contributed by atoms with van der Waals surface area (Å²) in [5.41, 5.74) is 1.90. The molecule has 2 heterocycles. The Hall–Kier alpha value is -2.88. The lowest BCUT2D eigenvalue weighted by molar-refractivity contribution is -0.177. The van der Waals surface area contributed by atoms with Crippen LogP contribution < -0.4 is 0 Å². The summed E-state index contributed by atoms with van der Waals surface area (Å²) in [4.78, 5) is 22.0. The van der Waals surface area contributed by atoms with Gasteiger partial charge >= 0.3 is 0 Å². The van der Waals surface area contributed by atoms with E-state index in [9.17, 15) is 19.4 Å². The number of benzene rings is 1. The highest BCUT2D eigenvalue weighted by Gasteiger charge is 2.68. The summed E-state index contributed by atoms with van der Waals surface area (Å²) < 4.78 is 15.4. The van der Waals surface area contributed by atoms with E-state index in [2.05, 4.69) is 28.1 Å². The fraction of sp³-hybridized carbons (Fsp3) is 0.500. The van der Waals surface area contributed by atoms with Gasteiger partial charge < -0.3 is 10.2 Å². The molecule has 7 nitrogen and oxygen atoms in total. The van der Waals surface area contributed by atoms with Gasteiger partial charge in [-0.25, -0.2) is 19.0 Å². The second-order valence-corrected chi connectivity index (χ2v) is 13.8. The zero-order valence-electron chi connectivity index (χ0n) is 23.3. The van der Waals surface area contributed by atoms with Gasteiger partial charge in [-0.15, -0.1) is 0 Å². The highest BCUT2D eigenvalue weighted by atomic mass is 32.2. The number of thioether (sulfide) groups is 1. The number of Topliss-reactive ketones (excluding diaryl/α,β-unsaturated/α-hetero) is 1. The number of ketones is 1. The lowest BCUT2D eigenvalue weighted by Crippen LogP contribution is -2.62. The zero-order chi connectivity index (χ0) is 28.6. The summed E-state index contributed by atoms with van der Waals surface area (Å²) in [6.45, 7) is 4.31. The first-order chi connectivity index (χ1) is 19.6. The Labute approximate surface area is 243 Å². The van der Waals surface area contributed by atoms with Crippen LogP contribution in [0.1, 0.15) is 57.2 Å². The minimum Gasteiger partial charge on any atom is -0.393 e. The molecule has 3 aromatic rings. The highest BCUT2D eigenvalue weighted by Crippen LogP contribution is 2.67. The molecule has 4 aliphatic rings. The van der Waals surface area contributed by atoms with Gasteiger partial charge in [-0.2, -0.15) is 5.10 Å². The molecule has 9 heteroatoms. The zero-order valence-corrected chi connectivity index (χ0v) is 24.1. The van der Waals surface area contributed by atoms with Crippen molar-refractivity contribution in [2.75, 3.05) is 5.75 Å². The first-order valence-corrected chi connectivity index (χ1v) is 15.5. The molecule has 1 aromatic carbocycles. The molecule has 7 atom stereocenters. The topological polar surface area (TPSA) is 101 Å². The molecule has 7 rings (SSSR count). The maximum absolute atomic E-state index is 13.6. The highest BCUT2D eigenvalue weighted by molar-refractivity contribution is 7.99. The van der Waals surface area contributed by atoms with Crippen molar-refractivity contribution in [1.82, 2.24) is 19.7 Å². The summed E-state index contributed by atoms with van der Waals surface area (Å²) in [6, 6.07) is 8.12. The van der Waals surface area contributed by atoms with Crippen LogP contribution in [-0.4, -0.2) is 53.2 Å². The Kier molecular flexibility index (Phi) is 6.30. The standard InChI is InChI=1S/C32H35FN4O3S/c1-30-15-19-17-36-37(22-7-5-21(33)6-8-22)25(19)14-20(30)4-9-23-24-10-11-32(40,31(24,2)16-26(38)28(23)30)27(39)18-41-29-34-12-3-13-35-29/h3,5-8,12-14,17,23-24,26,28,38,40H,4,9-11,15-16,18H2,1-2H3/t23?,24?,26?,28?,30?,31?,32-/m0/s1.